The summed E-state index contributed by atoms with van der Waals surface area (Å²) in [6.07, 6.45) is 1.85. The van der Waals surface area contributed by atoms with Gasteiger partial charge in [-0.25, -0.2) is 4.98 Å². The van der Waals surface area contributed by atoms with Gasteiger partial charge in [-0.05, 0) is 37.3 Å². The molecule has 2 aromatic rings. The number of hydrogen-bond acceptors (Lipinski definition) is 3. The third kappa shape index (κ3) is 2.19. The molecule has 3 rings (SSSR count). The molecule has 1 aromatic carbocycles. The summed E-state index contributed by atoms with van der Waals surface area (Å²) >= 11 is 0. The van der Waals surface area contributed by atoms with Crippen molar-refractivity contribution in [2.24, 2.45) is 5.41 Å². The van der Waals surface area contributed by atoms with E-state index in [9.17, 15) is 9.59 Å². The Morgan fingerprint density at radius 1 is 1.40 bits per heavy atom. The second kappa shape index (κ2) is 4.44. The molecule has 1 saturated carbocycles. The van der Waals surface area contributed by atoms with Crippen LogP contribution in [0.4, 0.5) is 0 Å². The molecule has 0 spiro atoms. The molecular weight excluding hydrogens is 256 g/mol. The molecule has 5 nitrogen and oxygen atoms in total. The summed E-state index contributed by atoms with van der Waals surface area (Å²) in [5.41, 5.74) is 1.62. The second-order valence-corrected chi connectivity index (χ2v) is 5.65. The zero-order valence-corrected chi connectivity index (χ0v) is 11.3. The van der Waals surface area contributed by atoms with Crippen LogP contribution < -0.4 is 5.56 Å². The van der Waals surface area contributed by atoms with Crippen LogP contribution in [-0.2, 0) is 11.3 Å². The number of aliphatic carboxylic acids is 1. The van der Waals surface area contributed by atoms with E-state index in [-0.39, 0.29) is 17.4 Å². The Bertz CT molecular complexity index is 744. The third-order valence-corrected chi connectivity index (χ3v) is 3.99. The molecule has 0 radical (unpaired) electrons. The minimum absolute atomic E-state index is 0.120. The van der Waals surface area contributed by atoms with Crippen LogP contribution in [0.25, 0.3) is 11.0 Å². The van der Waals surface area contributed by atoms with Crippen molar-refractivity contribution in [2.45, 2.75) is 32.7 Å². The number of carboxylic acids is 1. The van der Waals surface area contributed by atoms with Crippen LogP contribution >= 0.6 is 0 Å². The molecule has 0 atom stereocenters. The Labute approximate surface area is 115 Å². The van der Waals surface area contributed by atoms with Crippen molar-refractivity contribution in [3.8, 4) is 0 Å². The molecule has 0 unspecified atom stereocenters. The first-order chi connectivity index (χ1) is 9.51. The minimum atomic E-state index is -0.800. The number of benzene rings is 1. The highest BCUT2D eigenvalue weighted by Gasteiger charge is 2.45. The van der Waals surface area contributed by atoms with Crippen LogP contribution in [0, 0.1) is 12.3 Å². The predicted octanol–water partition coefficient (Wildman–Crippen LogP) is 1.96. The van der Waals surface area contributed by atoms with Crippen molar-refractivity contribution in [3.05, 3.63) is 40.3 Å². The SMILES string of the molecule is Cc1nc2ccccc2n(CC2(CC(=O)O)CC2)c1=O. The number of aryl methyl sites for hydroxylation is 1. The summed E-state index contributed by atoms with van der Waals surface area (Å²) in [5, 5.41) is 9.00. The lowest BCUT2D eigenvalue weighted by Gasteiger charge is -2.17. The number of para-hydroxylation sites is 2. The van der Waals surface area contributed by atoms with Crippen LogP contribution in [-0.4, -0.2) is 20.6 Å². The van der Waals surface area contributed by atoms with Gasteiger partial charge in [0.2, 0.25) is 0 Å². The number of hydrogen-bond donors (Lipinski definition) is 1. The number of nitrogens with zero attached hydrogens (tertiary/aromatic N) is 2. The maximum Gasteiger partial charge on any atom is 0.303 e. The molecule has 1 aliphatic rings. The van der Waals surface area contributed by atoms with Gasteiger partial charge in [0.25, 0.3) is 5.56 Å². The van der Waals surface area contributed by atoms with Gasteiger partial charge in [-0.2, -0.15) is 0 Å². The Morgan fingerprint density at radius 2 is 2.10 bits per heavy atom. The van der Waals surface area contributed by atoms with Gasteiger partial charge in [-0.3, -0.25) is 9.59 Å². The lowest BCUT2D eigenvalue weighted by Crippen LogP contribution is -2.28. The second-order valence-electron chi connectivity index (χ2n) is 5.65. The molecule has 1 aromatic heterocycles. The van der Waals surface area contributed by atoms with Crippen molar-refractivity contribution >= 4 is 17.0 Å². The van der Waals surface area contributed by atoms with E-state index in [0.717, 1.165) is 23.9 Å². The maximum absolute atomic E-state index is 12.3. The number of fused-ring (bicyclic) bond motifs is 1. The van der Waals surface area contributed by atoms with E-state index < -0.39 is 5.97 Å². The average Bonchev–Trinajstić information content (AvgIpc) is 3.14. The zero-order chi connectivity index (χ0) is 14.3. The lowest BCUT2D eigenvalue weighted by molar-refractivity contribution is -0.138. The van der Waals surface area contributed by atoms with Crippen molar-refractivity contribution in [1.82, 2.24) is 9.55 Å². The quantitative estimate of drug-likeness (QED) is 0.923. The summed E-state index contributed by atoms with van der Waals surface area (Å²) in [6, 6.07) is 7.48. The van der Waals surface area contributed by atoms with Crippen molar-refractivity contribution in [1.29, 1.82) is 0 Å². The van der Waals surface area contributed by atoms with Gasteiger partial charge in [0.1, 0.15) is 5.69 Å². The van der Waals surface area contributed by atoms with Gasteiger partial charge >= 0.3 is 5.97 Å². The Morgan fingerprint density at radius 3 is 2.75 bits per heavy atom. The maximum atomic E-state index is 12.3. The minimum Gasteiger partial charge on any atom is -0.481 e. The Balaban J connectivity index is 2.09. The molecule has 104 valence electrons. The molecule has 0 amide bonds. The van der Waals surface area contributed by atoms with Gasteiger partial charge in [-0.15, -0.1) is 0 Å². The molecule has 20 heavy (non-hydrogen) atoms. The summed E-state index contributed by atoms with van der Waals surface area (Å²) in [6.45, 7) is 2.16. The van der Waals surface area contributed by atoms with E-state index in [1.54, 1.807) is 11.5 Å². The molecule has 0 saturated heterocycles. The topological polar surface area (TPSA) is 72.2 Å². The van der Waals surface area contributed by atoms with Crippen molar-refractivity contribution < 1.29 is 9.90 Å². The van der Waals surface area contributed by atoms with Crippen LogP contribution in [0.5, 0.6) is 0 Å². The van der Waals surface area contributed by atoms with Crippen LogP contribution in [0.1, 0.15) is 25.0 Å². The number of carbonyl (C=O) groups is 1. The van der Waals surface area contributed by atoms with E-state index in [1.165, 1.54) is 0 Å². The average molecular weight is 272 g/mol. The van der Waals surface area contributed by atoms with Crippen molar-refractivity contribution in [3.63, 3.8) is 0 Å². The first kappa shape index (κ1) is 12.8. The van der Waals surface area contributed by atoms with Crippen LogP contribution in [0.15, 0.2) is 29.1 Å². The molecule has 1 heterocycles. The van der Waals surface area contributed by atoms with E-state index in [2.05, 4.69) is 4.98 Å². The van der Waals surface area contributed by atoms with Gasteiger partial charge in [0.15, 0.2) is 0 Å². The van der Waals surface area contributed by atoms with E-state index in [4.69, 9.17) is 5.11 Å². The zero-order valence-electron chi connectivity index (χ0n) is 11.3. The molecule has 0 bridgehead atoms. The fourth-order valence-corrected chi connectivity index (χ4v) is 2.70. The predicted molar refractivity (Wildman–Crippen MR) is 74.7 cm³/mol. The smallest absolute Gasteiger partial charge is 0.303 e. The first-order valence-electron chi connectivity index (χ1n) is 6.69. The number of aromatic nitrogens is 2. The fourth-order valence-electron chi connectivity index (χ4n) is 2.70. The normalized spacial score (nSPS) is 16.2. The lowest BCUT2D eigenvalue weighted by atomic mass is 10.0. The van der Waals surface area contributed by atoms with Crippen LogP contribution in [0.3, 0.4) is 0 Å². The monoisotopic (exact) mass is 272 g/mol. The van der Waals surface area contributed by atoms with Gasteiger partial charge < -0.3 is 9.67 Å². The van der Waals surface area contributed by atoms with E-state index in [1.807, 2.05) is 24.3 Å². The highest BCUT2D eigenvalue weighted by Crippen LogP contribution is 2.50. The van der Waals surface area contributed by atoms with E-state index >= 15 is 0 Å². The molecule has 1 aliphatic carbocycles. The summed E-state index contributed by atoms with van der Waals surface area (Å²) < 4.78 is 1.69. The Hall–Kier alpha value is -2.17. The first-order valence-corrected chi connectivity index (χ1v) is 6.69. The molecular formula is C15H16N2O3. The van der Waals surface area contributed by atoms with Crippen molar-refractivity contribution in [2.75, 3.05) is 0 Å². The molecule has 0 aliphatic heterocycles. The molecule has 1 fully saturated rings. The molecule has 1 N–H and O–H groups in total. The fraction of sp³-hybridized carbons (Fsp3) is 0.400. The standard InChI is InChI=1S/C15H16N2O3/c1-10-14(20)17(9-15(6-7-15)8-13(18)19)12-5-3-2-4-11(12)16-10/h2-5H,6-9H2,1H3,(H,18,19). The Kier molecular flexibility index (Phi) is 2.85. The summed E-state index contributed by atoms with van der Waals surface area (Å²) in [7, 11) is 0. The number of rotatable bonds is 4. The van der Waals surface area contributed by atoms with Crippen LogP contribution in [0.2, 0.25) is 0 Å². The van der Waals surface area contributed by atoms with Gasteiger partial charge in [0.05, 0.1) is 17.5 Å². The highest BCUT2D eigenvalue weighted by molar-refractivity contribution is 5.74. The molecule has 5 heteroatoms. The van der Waals surface area contributed by atoms with E-state index in [0.29, 0.717) is 12.2 Å². The summed E-state index contributed by atoms with van der Waals surface area (Å²) in [4.78, 5) is 27.6. The number of carboxylic acid groups (broad SMARTS) is 1. The summed E-state index contributed by atoms with van der Waals surface area (Å²) in [5.74, 6) is -0.800. The van der Waals surface area contributed by atoms with Gasteiger partial charge in [0, 0.05) is 6.54 Å². The highest BCUT2D eigenvalue weighted by atomic mass is 16.4. The largest absolute Gasteiger partial charge is 0.481 e. The van der Waals surface area contributed by atoms with Gasteiger partial charge in [-0.1, -0.05) is 12.1 Å². The third-order valence-electron chi connectivity index (χ3n) is 3.99.